The number of carboxylic acids is 1. The summed E-state index contributed by atoms with van der Waals surface area (Å²) in [6.45, 7) is 5.28. The molecule has 0 aromatic heterocycles. The van der Waals surface area contributed by atoms with E-state index in [4.69, 9.17) is 9.84 Å². The molecule has 0 radical (unpaired) electrons. The lowest BCUT2D eigenvalue weighted by molar-refractivity contribution is -0.154. The summed E-state index contributed by atoms with van der Waals surface area (Å²) in [7, 11) is 0. The zero-order valence-electron chi connectivity index (χ0n) is 9.95. The Morgan fingerprint density at radius 2 is 2.00 bits per heavy atom. The Morgan fingerprint density at radius 1 is 1.44 bits per heavy atom. The zero-order chi connectivity index (χ0) is 12.3. The van der Waals surface area contributed by atoms with Crippen molar-refractivity contribution in [2.45, 2.75) is 45.3 Å². The van der Waals surface area contributed by atoms with Gasteiger partial charge in [0, 0.05) is 0 Å². The van der Waals surface area contributed by atoms with E-state index in [0.29, 0.717) is 0 Å². The van der Waals surface area contributed by atoms with Crippen LogP contribution in [0.15, 0.2) is 0 Å². The average molecular weight is 229 g/mol. The van der Waals surface area contributed by atoms with Gasteiger partial charge in [0.25, 0.3) is 0 Å². The predicted octanol–water partition coefficient (Wildman–Crippen LogP) is 0.781. The van der Waals surface area contributed by atoms with E-state index >= 15 is 0 Å². The van der Waals surface area contributed by atoms with Crippen molar-refractivity contribution in [3.63, 3.8) is 0 Å². The Hall–Kier alpha value is -1.10. The van der Waals surface area contributed by atoms with Crippen molar-refractivity contribution in [3.8, 4) is 0 Å². The average Bonchev–Trinajstić information content (AvgIpc) is 2.83. The first-order valence-electron chi connectivity index (χ1n) is 5.47. The Morgan fingerprint density at radius 3 is 2.38 bits per heavy atom. The summed E-state index contributed by atoms with van der Waals surface area (Å²) in [5.74, 6) is -1.15. The number of hydrogen-bond donors (Lipinski definition) is 2. The molecule has 0 heterocycles. The van der Waals surface area contributed by atoms with Crippen LogP contribution in [0.2, 0.25) is 0 Å². The van der Waals surface area contributed by atoms with E-state index in [0.717, 1.165) is 12.8 Å². The Bertz CT molecular complexity index is 278. The summed E-state index contributed by atoms with van der Waals surface area (Å²) in [6.07, 6.45) is 1.83. The summed E-state index contributed by atoms with van der Waals surface area (Å²) in [6, 6.07) is -0.618. The Labute approximate surface area is 95.2 Å². The molecule has 92 valence electrons. The molecule has 16 heavy (non-hydrogen) atoms. The van der Waals surface area contributed by atoms with Gasteiger partial charge in [-0.3, -0.25) is 14.9 Å². The fourth-order valence-corrected chi connectivity index (χ4v) is 1.46. The minimum absolute atomic E-state index is 0.0509. The van der Waals surface area contributed by atoms with Crippen LogP contribution in [0.4, 0.5) is 0 Å². The van der Waals surface area contributed by atoms with Gasteiger partial charge in [0.15, 0.2) is 0 Å². The third-order valence-corrected chi connectivity index (χ3v) is 2.25. The van der Waals surface area contributed by atoms with E-state index in [2.05, 4.69) is 5.32 Å². The minimum Gasteiger partial charge on any atom is -0.480 e. The third-order valence-electron chi connectivity index (χ3n) is 2.25. The van der Waals surface area contributed by atoms with Gasteiger partial charge >= 0.3 is 11.9 Å². The van der Waals surface area contributed by atoms with Crippen molar-refractivity contribution in [1.29, 1.82) is 0 Å². The summed E-state index contributed by atoms with van der Waals surface area (Å²) in [4.78, 5) is 22.2. The van der Waals surface area contributed by atoms with Crippen LogP contribution in [0.25, 0.3) is 0 Å². The highest BCUT2D eigenvalue weighted by atomic mass is 16.6. The van der Waals surface area contributed by atoms with Crippen LogP contribution in [-0.4, -0.2) is 35.2 Å². The Balaban J connectivity index is 2.32. The number of esters is 1. The van der Waals surface area contributed by atoms with Crippen molar-refractivity contribution in [3.05, 3.63) is 0 Å². The smallest absolute Gasteiger partial charge is 0.320 e. The van der Waals surface area contributed by atoms with Crippen LogP contribution in [0, 0.1) is 5.92 Å². The van der Waals surface area contributed by atoms with Crippen molar-refractivity contribution in [2.75, 3.05) is 6.54 Å². The number of carbonyl (C=O) groups is 2. The van der Waals surface area contributed by atoms with Crippen LogP contribution in [0.1, 0.15) is 33.6 Å². The van der Waals surface area contributed by atoms with Gasteiger partial charge in [-0.2, -0.15) is 0 Å². The fraction of sp³-hybridized carbons (Fsp3) is 0.818. The minimum atomic E-state index is -0.897. The molecule has 0 aliphatic heterocycles. The molecule has 0 unspecified atom stereocenters. The first-order chi connectivity index (χ1) is 7.29. The zero-order valence-corrected chi connectivity index (χ0v) is 9.95. The Kier molecular flexibility index (Phi) is 3.91. The van der Waals surface area contributed by atoms with E-state index in [-0.39, 0.29) is 12.5 Å². The second kappa shape index (κ2) is 4.82. The summed E-state index contributed by atoms with van der Waals surface area (Å²) >= 11 is 0. The number of ether oxygens (including phenoxy) is 1. The number of rotatable bonds is 5. The molecule has 5 heteroatoms. The molecule has 0 spiro atoms. The molecule has 1 rings (SSSR count). The lowest BCUT2D eigenvalue weighted by Gasteiger charge is -2.20. The van der Waals surface area contributed by atoms with Crippen molar-refractivity contribution < 1.29 is 19.4 Å². The van der Waals surface area contributed by atoms with Gasteiger partial charge in [-0.05, 0) is 39.5 Å². The van der Waals surface area contributed by atoms with Gasteiger partial charge in [0.1, 0.15) is 11.6 Å². The molecule has 1 fully saturated rings. The molecular formula is C11H19NO4. The molecule has 1 atom stereocenters. The van der Waals surface area contributed by atoms with Crippen LogP contribution >= 0.6 is 0 Å². The molecule has 1 saturated carbocycles. The van der Waals surface area contributed by atoms with E-state index in [9.17, 15) is 9.59 Å². The largest absolute Gasteiger partial charge is 0.480 e. The molecular weight excluding hydrogens is 210 g/mol. The molecule has 0 saturated heterocycles. The standard InChI is InChI=1S/C11H19NO4/c1-11(2,3)16-8(13)6-12-9(10(14)15)7-4-5-7/h7,9,12H,4-6H2,1-3H3,(H,14,15)/t9-/m0/s1. The highest BCUT2D eigenvalue weighted by molar-refractivity contribution is 5.77. The SMILES string of the molecule is CC(C)(C)OC(=O)CN[C@H](C(=O)O)C1CC1. The normalized spacial score (nSPS) is 17.9. The van der Waals surface area contributed by atoms with Gasteiger partial charge in [0.2, 0.25) is 0 Å². The summed E-state index contributed by atoms with van der Waals surface area (Å²) in [5.41, 5.74) is -0.531. The number of carboxylic acid groups (broad SMARTS) is 1. The lowest BCUT2D eigenvalue weighted by Crippen LogP contribution is -2.42. The van der Waals surface area contributed by atoms with Gasteiger partial charge in [-0.25, -0.2) is 0 Å². The summed E-state index contributed by atoms with van der Waals surface area (Å²) < 4.78 is 5.07. The molecule has 0 amide bonds. The second-order valence-corrected chi connectivity index (χ2v) is 5.12. The van der Waals surface area contributed by atoms with Gasteiger partial charge in [-0.1, -0.05) is 0 Å². The van der Waals surface area contributed by atoms with Gasteiger partial charge < -0.3 is 9.84 Å². The van der Waals surface area contributed by atoms with Crippen molar-refractivity contribution in [2.24, 2.45) is 5.92 Å². The topological polar surface area (TPSA) is 75.6 Å². The van der Waals surface area contributed by atoms with Gasteiger partial charge in [0.05, 0.1) is 6.54 Å². The van der Waals surface area contributed by atoms with Crippen molar-refractivity contribution >= 4 is 11.9 Å². The van der Waals surface area contributed by atoms with Crippen molar-refractivity contribution in [1.82, 2.24) is 5.32 Å². The second-order valence-electron chi connectivity index (χ2n) is 5.12. The van der Waals surface area contributed by atoms with E-state index in [1.165, 1.54) is 0 Å². The van der Waals surface area contributed by atoms with E-state index in [1.54, 1.807) is 20.8 Å². The first kappa shape index (κ1) is 13.0. The van der Waals surface area contributed by atoms with Crippen LogP contribution in [0.3, 0.4) is 0 Å². The number of carbonyl (C=O) groups excluding carboxylic acids is 1. The molecule has 1 aliphatic rings. The maximum Gasteiger partial charge on any atom is 0.320 e. The highest BCUT2D eigenvalue weighted by Gasteiger charge is 2.36. The lowest BCUT2D eigenvalue weighted by atomic mass is 10.2. The highest BCUT2D eigenvalue weighted by Crippen LogP contribution is 2.32. The molecule has 1 aliphatic carbocycles. The fourth-order valence-electron chi connectivity index (χ4n) is 1.46. The van der Waals surface area contributed by atoms with E-state index < -0.39 is 23.6 Å². The molecule has 2 N–H and O–H groups in total. The molecule has 0 aromatic carbocycles. The molecule has 5 nitrogen and oxygen atoms in total. The van der Waals surface area contributed by atoms with Crippen LogP contribution in [0.5, 0.6) is 0 Å². The van der Waals surface area contributed by atoms with E-state index in [1.807, 2.05) is 0 Å². The first-order valence-corrected chi connectivity index (χ1v) is 5.47. The molecule has 0 aromatic rings. The third kappa shape index (κ3) is 4.61. The number of nitrogens with one attached hydrogen (secondary N) is 1. The summed E-state index contributed by atoms with van der Waals surface area (Å²) in [5, 5.41) is 11.6. The maximum absolute atomic E-state index is 11.4. The van der Waals surface area contributed by atoms with Crippen LogP contribution < -0.4 is 5.32 Å². The van der Waals surface area contributed by atoms with Gasteiger partial charge in [-0.15, -0.1) is 0 Å². The maximum atomic E-state index is 11.4. The quantitative estimate of drug-likeness (QED) is 0.681. The monoisotopic (exact) mass is 229 g/mol. The molecule has 0 bridgehead atoms. The number of hydrogen-bond acceptors (Lipinski definition) is 4. The number of aliphatic carboxylic acids is 1. The van der Waals surface area contributed by atoms with Crippen LogP contribution in [-0.2, 0) is 14.3 Å². The predicted molar refractivity (Wildman–Crippen MR) is 58.0 cm³/mol.